The second-order valence-corrected chi connectivity index (χ2v) is 7.86. The Labute approximate surface area is 164 Å². The summed E-state index contributed by atoms with van der Waals surface area (Å²) < 4.78 is 14.0. The van der Waals surface area contributed by atoms with Crippen LogP contribution in [-0.4, -0.2) is 29.8 Å². The summed E-state index contributed by atoms with van der Waals surface area (Å²) >= 11 is 0. The average molecular weight is 379 g/mol. The standard InChI is InChI=1S/C23H25FN2O2/c24-20-9-5-4-6-17(20)16-26-14-11-19(12-15-26)23(18-7-2-1-3-8-18)13-10-21(27)25-22(23)28/h1-9,19H,10-16H2,(H,25,27,28)/t23-/m1/s1/i24-1. The molecule has 0 saturated carbocycles. The lowest BCUT2D eigenvalue weighted by Gasteiger charge is -2.45. The van der Waals surface area contributed by atoms with Crippen LogP contribution in [0.15, 0.2) is 54.6 Å². The Kier molecular flexibility index (Phi) is 5.27. The van der Waals surface area contributed by atoms with Crippen LogP contribution in [-0.2, 0) is 21.5 Å². The summed E-state index contributed by atoms with van der Waals surface area (Å²) in [6.45, 7) is 2.21. The third-order valence-electron chi connectivity index (χ3n) is 6.33. The molecule has 2 aromatic rings. The van der Waals surface area contributed by atoms with Crippen molar-refractivity contribution in [2.24, 2.45) is 5.92 Å². The maximum absolute atomic E-state index is 14.0. The molecule has 146 valence electrons. The highest BCUT2D eigenvalue weighted by atomic mass is 18.2. The fourth-order valence-corrected chi connectivity index (χ4v) is 4.81. The van der Waals surface area contributed by atoms with Crippen molar-refractivity contribution in [2.45, 2.75) is 37.6 Å². The van der Waals surface area contributed by atoms with Crippen molar-refractivity contribution in [3.05, 3.63) is 71.5 Å². The lowest BCUT2D eigenvalue weighted by Crippen LogP contribution is -2.57. The summed E-state index contributed by atoms with van der Waals surface area (Å²) in [5.41, 5.74) is 1.05. The molecule has 0 aromatic heterocycles. The van der Waals surface area contributed by atoms with Crippen molar-refractivity contribution in [2.75, 3.05) is 13.1 Å². The zero-order chi connectivity index (χ0) is 19.6. The van der Waals surface area contributed by atoms with Gasteiger partial charge in [-0.1, -0.05) is 48.5 Å². The number of nitrogens with one attached hydrogen (secondary N) is 1. The van der Waals surface area contributed by atoms with Crippen molar-refractivity contribution in [3.8, 4) is 0 Å². The van der Waals surface area contributed by atoms with Crippen LogP contribution in [0.2, 0.25) is 0 Å². The van der Waals surface area contributed by atoms with E-state index in [1.165, 1.54) is 6.07 Å². The summed E-state index contributed by atoms with van der Waals surface area (Å²) in [5, 5.41) is 2.58. The van der Waals surface area contributed by atoms with Gasteiger partial charge in [0.1, 0.15) is 5.82 Å². The number of carbonyl (C=O) groups is 2. The van der Waals surface area contributed by atoms with Crippen molar-refractivity contribution in [1.82, 2.24) is 10.2 Å². The number of imide groups is 1. The molecule has 28 heavy (non-hydrogen) atoms. The first-order valence-electron chi connectivity index (χ1n) is 9.95. The van der Waals surface area contributed by atoms with Gasteiger partial charge in [0.2, 0.25) is 11.8 Å². The number of halogens is 1. The van der Waals surface area contributed by atoms with E-state index in [1.807, 2.05) is 42.5 Å². The normalized spacial score (nSPS) is 24.2. The van der Waals surface area contributed by atoms with E-state index in [-0.39, 0.29) is 23.5 Å². The fourth-order valence-electron chi connectivity index (χ4n) is 4.81. The van der Waals surface area contributed by atoms with Gasteiger partial charge in [-0.15, -0.1) is 0 Å². The first-order chi connectivity index (χ1) is 13.6. The molecular weight excluding hydrogens is 354 g/mol. The van der Waals surface area contributed by atoms with Gasteiger partial charge in [-0.25, -0.2) is 4.39 Å². The summed E-state index contributed by atoms with van der Waals surface area (Å²) in [7, 11) is 0. The second kappa shape index (κ2) is 7.84. The van der Waals surface area contributed by atoms with Gasteiger partial charge in [0, 0.05) is 18.5 Å². The first kappa shape index (κ1) is 18.8. The molecule has 0 radical (unpaired) electrons. The first-order valence-corrected chi connectivity index (χ1v) is 9.95. The van der Waals surface area contributed by atoms with Crippen LogP contribution >= 0.6 is 0 Å². The van der Waals surface area contributed by atoms with Crippen molar-refractivity contribution in [3.63, 3.8) is 0 Å². The molecule has 2 fully saturated rings. The number of rotatable bonds is 4. The van der Waals surface area contributed by atoms with Gasteiger partial charge in [0.25, 0.3) is 0 Å². The Bertz CT molecular complexity index is 862. The SMILES string of the molecule is O=C1CC[C@@](c2ccccc2)(C2CCN(Cc3ccccc3[18F])CC2)C(=O)N1. The summed E-state index contributed by atoms with van der Waals surface area (Å²) in [5.74, 6) is -0.355. The number of hydrogen-bond donors (Lipinski definition) is 1. The summed E-state index contributed by atoms with van der Waals surface area (Å²) in [4.78, 5) is 27.1. The van der Waals surface area contributed by atoms with Gasteiger partial charge in [-0.2, -0.15) is 0 Å². The van der Waals surface area contributed by atoms with Crippen LogP contribution in [0.25, 0.3) is 0 Å². The van der Waals surface area contributed by atoms with E-state index >= 15 is 0 Å². The lowest BCUT2D eigenvalue weighted by atomic mass is 9.62. The van der Waals surface area contributed by atoms with Crippen LogP contribution in [0.3, 0.4) is 0 Å². The molecule has 2 saturated heterocycles. The zero-order valence-corrected chi connectivity index (χ0v) is 15.9. The van der Waals surface area contributed by atoms with E-state index in [2.05, 4.69) is 10.2 Å². The molecule has 2 aliphatic rings. The molecule has 2 heterocycles. The highest BCUT2D eigenvalue weighted by Gasteiger charge is 2.50. The van der Waals surface area contributed by atoms with E-state index < -0.39 is 5.41 Å². The number of piperidine rings is 2. The van der Waals surface area contributed by atoms with E-state index in [1.54, 1.807) is 6.07 Å². The molecule has 0 bridgehead atoms. The summed E-state index contributed by atoms with van der Waals surface area (Å²) in [6, 6.07) is 16.7. The Morgan fingerprint density at radius 3 is 2.36 bits per heavy atom. The van der Waals surface area contributed by atoms with E-state index in [4.69, 9.17) is 0 Å². The van der Waals surface area contributed by atoms with E-state index in [0.717, 1.165) is 31.5 Å². The summed E-state index contributed by atoms with van der Waals surface area (Å²) in [6.07, 6.45) is 2.63. The number of carbonyl (C=O) groups excluding carboxylic acids is 2. The molecule has 0 aliphatic carbocycles. The average Bonchev–Trinajstić information content (AvgIpc) is 2.72. The molecule has 2 aromatic carbocycles. The topological polar surface area (TPSA) is 49.4 Å². The Morgan fingerprint density at radius 2 is 1.68 bits per heavy atom. The fraction of sp³-hybridized carbons (Fsp3) is 0.391. The highest BCUT2D eigenvalue weighted by molar-refractivity contribution is 6.03. The van der Waals surface area contributed by atoms with Crippen molar-refractivity contribution in [1.29, 1.82) is 0 Å². The van der Waals surface area contributed by atoms with Crippen LogP contribution in [0.4, 0.5) is 4.39 Å². The Balaban J connectivity index is 1.53. The smallest absolute Gasteiger partial charge is 0.237 e. The van der Waals surface area contributed by atoms with Crippen LogP contribution in [0, 0.1) is 11.7 Å². The number of likely N-dealkylation sites (tertiary alicyclic amines) is 1. The monoisotopic (exact) mass is 379 g/mol. The molecule has 4 nitrogen and oxygen atoms in total. The molecule has 0 unspecified atom stereocenters. The maximum Gasteiger partial charge on any atom is 0.237 e. The van der Waals surface area contributed by atoms with Crippen molar-refractivity contribution >= 4 is 11.8 Å². The molecule has 1 atom stereocenters. The van der Waals surface area contributed by atoms with Gasteiger partial charge in [-0.05, 0) is 49.9 Å². The number of nitrogens with zero attached hydrogens (tertiary/aromatic N) is 1. The number of hydrogen-bond acceptors (Lipinski definition) is 3. The van der Waals surface area contributed by atoms with Gasteiger partial charge >= 0.3 is 0 Å². The predicted molar refractivity (Wildman–Crippen MR) is 105 cm³/mol. The molecular formula is C23H25FN2O2. The minimum absolute atomic E-state index is 0.164. The Morgan fingerprint density at radius 1 is 1.00 bits per heavy atom. The Hall–Kier alpha value is -2.53. The molecule has 2 aliphatic heterocycles. The van der Waals surface area contributed by atoms with Gasteiger partial charge in [-0.3, -0.25) is 19.8 Å². The predicted octanol–water partition coefficient (Wildman–Crippen LogP) is 3.41. The molecule has 5 heteroatoms. The van der Waals surface area contributed by atoms with Crippen molar-refractivity contribution < 1.29 is 14.0 Å². The number of benzene rings is 2. The molecule has 1 N–H and O–H groups in total. The third kappa shape index (κ3) is 3.47. The van der Waals surface area contributed by atoms with Gasteiger partial charge in [0.05, 0.1) is 5.41 Å². The lowest BCUT2D eigenvalue weighted by molar-refractivity contribution is -0.140. The van der Waals surface area contributed by atoms with Gasteiger partial charge in [0.15, 0.2) is 0 Å². The van der Waals surface area contributed by atoms with E-state index in [0.29, 0.717) is 24.9 Å². The maximum atomic E-state index is 14.0. The minimum Gasteiger partial charge on any atom is -0.299 e. The van der Waals surface area contributed by atoms with Crippen LogP contribution in [0.5, 0.6) is 0 Å². The second-order valence-electron chi connectivity index (χ2n) is 7.86. The zero-order valence-electron chi connectivity index (χ0n) is 15.9. The van der Waals surface area contributed by atoms with E-state index in [9.17, 15) is 14.0 Å². The molecule has 2 amide bonds. The highest BCUT2D eigenvalue weighted by Crippen LogP contribution is 2.44. The number of amides is 2. The quantitative estimate of drug-likeness (QED) is 0.829. The van der Waals surface area contributed by atoms with Crippen LogP contribution in [0.1, 0.15) is 36.8 Å². The largest absolute Gasteiger partial charge is 0.299 e. The van der Waals surface area contributed by atoms with Gasteiger partial charge < -0.3 is 0 Å². The third-order valence-corrected chi connectivity index (χ3v) is 6.33. The van der Waals surface area contributed by atoms with Crippen LogP contribution < -0.4 is 5.32 Å². The molecule has 4 rings (SSSR count). The molecule has 0 spiro atoms. The minimum atomic E-state index is -0.654.